The van der Waals surface area contributed by atoms with Crippen LogP contribution in [0.25, 0.3) is 27.6 Å². The van der Waals surface area contributed by atoms with Crippen LogP contribution in [0.5, 0.6) is 0 Å². The number of nitrogens with one attached hydrogen (secondary N) is 1. The number of carbonyl (C=O) groups is 1. The summed E-state index contributed by atoms with van der Waals surface area (Å²) < 4.78 is 5.02. The van der Waals surface area contributed by atoms with Gasteiger partial charge in [-0.05, 0) is 11.0 Å². The molecule has 2 aliphatic rings. The van der Waals surface area contributed by atoms with Gasteiger partial charge in [0.05, 0.1) is 0 Å². The zero-order chi connectivity index (χ0) is 20.0. The van der Waals surface area contributed by atoms with E-state index in [0.717, 1.165) is 19.3 Å². The number of carbonyl (C=O) groups excluding carboxylic acids is 1. The van der Waals surface area contributed by atoms with Crippen LogP contribution in [0.15, 0.2) is 48.5 Å². The van der Waals surface area contributed by atoms with Gasteiger partial charge in [0, 0.05) is 0 Å². The van der Waals surface area contributed by atoms with Gasteiger partial charge < -0.3 is 24.8 Å². The van der Waals surface area contributed by atoms with E-state index in [1.54, 1.807) is 0 Å². The monoisotopic (exact) mass is 521 g/mol. The molecule has 0 aromatic heterocycles. The molecular weight excluding hydrogens is 489 g/mol. The summed E-state index contributed by atoms with van der Waals surface area (Å²) in [4.78, 5) is 13.1. The van der Waals surface area contributed by atoms with Crippen LogP contribution in [0, 0.1) is 5.92 Å². The van der Waals surface area contributed by atoms with Crippen molar-refractivity contribution in [3.05, 3.63) is 59.7 Å². The molecular formula is C26H33Cl2NOSiTi. The predicted molar refractivity (Wildman–Crippen MR) is 132 cm³/mol. The van der Waals surface area contributed by atoms with Crippen molar-refractivity contribution < 1.29 is 46.5 Å². The fourth-order valence-corrected chi connectivity index (χ4v) is 9.13. The molecule has 0 unspecified atom stereocenters. The van der Waals surface area contributed by atoms with Gasteiger partial charge in [0.2, 0.25) is 0 Å². The molecule has 1 fully saturated rings. The molecule has 2 nitrogen and oxygen atoms in total. The Bertz CT molecular complexity index is 1160. The smallest absolute Gasteiger partial charge is 0.0149 e. The number of hydrogen-bond acceptors (Lipinski definition) is 1. The minimum absolute atomic E-state index is 0. The Morgan fingerprint density at radius 2 is 1.56 bits per heavy atom. The molecule has 2 aliphatic carbocycles. The molecule has 0 heterocycles. The first kappa shape index (κ1) is 27.1. The molecule has 1 amide bonds. The van der Waals surface area contributed by atoms with E-state index in [4.69, 9.17) is 0 Å². The van der Waals surface area contributed by atoms with Crippen molar-refractivity contribution in [1.82, 2.24) is 3.80 Å². The summed E-state index contributed by atoms with van der Waals surface area (Å²) in [5.41, 5.74) is 2.82. The van der Waals surface area contributed by atoms with Gasteiger partial charge >= 0.3 is 177 Å². The Morgan fingerprint density at radius 3 is 2.28 bits per heavy atom. The molecule has 3 aromatic carbocycles. The van der Waals surface area contributed by atoms with E-state index in [1.807, 2.05) is 0 Å². The minimum atomic E-state index is -2.76. The zero-order valence-electron chi connectivity index (χ0n) is 18.2. The number of amides is 1. The number of hydrogen-bond donors (Lipinski definition) is 1. The third-order valence-electron chi connectivity index (χ3n) is 6.89. The van der Waals surface area contributed by atoms with Gasteiger partial charge in [-0.3, -0.25) is 0 Å². The zero-order valence-corrected chi connectivity index (χ0v) is 21.3. The SMILES string of the molecule is [CH3][Ti+2]([CH3])([NH]C(=O)C1CCCCC1)[c]1cccc2c1c1c(c3ccccc32)C=CC1.[Cl-].[Cl-].[SiH4]. The molecule has 0 atom stereocenters. The second kappa shape index (κ2) is 10.9. The molecule has 6 heteroatoms. The minimum Gasteiger partial charge on any atom is -1.00 e. The predicted octanol–water partition coefficient (Wildman–Crippen LogP) is -1.39. The first-order valence-corrected chi connectivity index (χ1v) is 15.7. The molecule has 5 rings (SSSR count). The number of allylic oxidation sites excluding steroid dienone is 1. The van der Waals surface area contributed by atoms with E-state index in [2.05, 4.69) is 68.9 Å². The number of benzene rings is 3. The van der Waals surface area contributed by atoms with Crippen molar-refractivity contribution in [3.8, 4) is 0 Å². The summed E-state index contributed by atoms with van der Waals surface area (Å²) in [5.74, 6) is 0.527. The van der Waals surface area contributed by atoms with Crippen molar-refractivity contribution in [3.63, 3.8) is 0 Å². The number of fused-ring (bicyclic) bond motifs is 6. The Balaban J connectivity index is 0.00000121. The van der Waals surface area contributed by atoms with Crippen LogP contribution >= 0.6 is 0 Å². The normalized spacial score (nSPS) is 14.9. The molecule has 32 heavy (non-hydrogen) atoms. The van der Waals surface area contributed by atoms with Gasteiger partial charge in [-0.15, -0.1) is 0 Å². The molecule has 0 spiro atoms. The maximum atomic E-state index is 13.1. The fraction of sp³-hybridized carbons (Fsp3) is 0.346. The van der Waals surface area contributed by atoms with Gasteiger partial charge in [-0.2, -0.15) is 0 Å². The third-order valence-corrected chi connectivity index (χ3v) is 11.0. The summed E-state index contributed by atoms with van der Waals surface area (Å²) in [5, 5.41) is 10.1. The third kappa shape index (κ3) is 4.74. The average Bonchev–Trinajstić information content (AvgIpc) is 3.24. The van der Waals surface area contributed by atoms with Crippen molar-refractivity contribution >= 4 is 48.4 Å². The van der Waals surface area contributed by atoms with E-state index in [1.165, 1.54) is 55.8 Å². The molecule has 0 saturated heterocycles. The maximum Gasteiger partial charge on any atom is -0.0149 e. The van der Waals surface area contributed by atoms with Crippen molar-refractivity contribution in [2.75, 3.05) is 0 Å². The van der Waals surface area contributed by atoms with Crippen LogP contribution < -0.4 is 32.5 Å². The molecule has 1 N–H and O–H groups in total. The second-order valence-electron chi connectivity index (χ2n) is 9.22. The molecule has 0 radical (unpaired) electrons. The summed E-state index contributed by atoms with van der Waals surface area (Å²) >= 11 is -2.76. The number of halogens is 2. The fourth-order valence-electron chi connectivity index (χ4n) is 5.41. The number of rotatable bonds is 3. The van der Waals surface area contributed by atoms with Gasteiger partial charge in [0.1, 0.15) is 0 Å². The quantitative estimate of drug-likeness (QED) is 0.333. The Morgan fingerprint density at radius 1 is 0.906 bits per heavy atom. The van der Waals surface area contributed by atoms with Gasteiger partial charge in [0.15, 0.2) is 0 Å². The van der Waals surface area contributed by atoms with Gasteiger partial charge in [-0.25, -0.2) is 0 Å². The van der Waals surface area contributed by atoms with E-state index >= 15 is 0 Å². The summed E-state index contributed by atoms with van der Waals surface area (Å²) in [6.07, 6.45) is 11.4. The van der Waals surface area contributed by atoms with Crippen molar-refractivity contribution in [2.45, 2.75) is 49.0 Å². The van der Waals surface area contributed by atoms with Crippen molar-refractivity contribution in [1.29, 1.82) is 0 Å². The molecule has 170 valence electrons. The first-order chi connectivity index (χ1) is 14.1. The Kier molecular flexibility index (Phi) is 9.23. The van der Waals surface area contributed by atoms with Gasteiger partial charge in [-0.1, -0.05) is 0 Å². The van der Waals surface area contributed by atoms with Gasteiger partial charge in [0.25, 0.3) is 0 Å². The second-order valence-corrected chi connectivity index (χ2v) is 15.5. The first-order valence-electron chi connectivity index (χ1n) is 11.0. The molecule has 3 aromatic rings. The van der Waals surface area contributed by atoms with E-state index in [-0.39, 0.29) is 41.7 Å². The Labute approximate surface area is 212 Å². The van der Waals surface area contributed by atoms with E-state index < -0.39 is 16.8 Å². The van der Waals surface area contributed by atoms with Crippen LogP contribution in [0.2, 0.25) is 10.5 Å². The molecule has 0 bridgehead atoms. The average molecular weight is 522 g/mol. The van der Waals surface area contributed by atoms with E-state index in [0.29, 0.717) is 5.91 Å². The maximum absolute atomic E-state index is 13.1. The summed E-state index contributed by atoms with van der Waals surface area (Å²) in [6.45, 7) is 0. The molecule has 0 aliphatic heterocycles. The standard InChI is InChI=1S/C17H11.C7H13NO.2CH3.2ClH.H4Si.Ti/c1-3-8-14-12(6-1)13-7-2-4-9-15(13)17-11-5-10-16(14)17;8-7(9)6-4-2-1-3-5-6;;;;;;/h1-8,10H,11H2;6H,1-5H2,(H2,8,9);2*1H3;2*1H;1H4;/q;;;;;;;+3/p-3. The van der Waals surface area contributed by atoms with Crippen LogP contribution in [0.3, 0.4) is 0 Å². The molecule has 1 saturated carbocycles. The van der Waals surface area contributed by atoms with E-state index in [9.17, 15) is 4.79 Å². The van der Waals surface area contributed by atoms with Crippen LogP contribution in [0.4, 0.5) is 0 Å². The topological polar surface area (TPSA) is 29.1 Å². The van der Waals surface area contributed by atoms with Crippen LogP contribution in [-0.2, 0) is 28.1 Å². The Hall–Kier alpha value is -1.10. The van der Waals surface area contributed by atoms with Crippen LogP contribution in [-0.4, -0.2) is 16.9 Å². The summed E-state index contributed by atoms with van der Waals surface area (Å²) in [6, 6.07) is 15.5. The largest absolute Gasteiger partial charge is 1.00 e. The van der Waals surface area contributed by atoms with Crippen molar-refractivity contribution in [2.24, 2.45) is 5.92 Å². The summed E-state index contributed by atoms with van der Waals surface area (Å²) in [7, 11) is 0. The van der Waals surface area contributed by atoms with Crippen LogP contribution in [0.1, 0.15) is 43.2 Å².